The minimum Gasteiger partial charge on any atom is -0.696 e. The van der Waals surface area contributed by atoms with Crippen molar-refractivity contribution in [1.82, 2.24) is 0 Å². The van der Waals surface area contributed by atoms with E-state index in [1.54, 1.807) is 0 Å². The molecule has 1 aromatic rings. The fourth-order valence-electron chi connectivity index (χ4n) is 1.25. The molecule has 0 saturated heterocycles. The summed E-state index contributed by atoms with van der Waals surface area (Å²) in [7, 11) is 0. The van der Waals surface area contributed by atoms with E-state index in [0.29, 0.717) is 0 Å². The molecule has 3 rings (SSSR count). The van der Waals surface area contributed by atoms with E-state index in [1.165, 1.54) is 23.6 Å². The van der Waals surface area contributed by atoms with Gasteiger partial charge in [0.05, 0.1) is 0 Å². The number of nitrogens with zero attached hydrogens (tertiary/aromatic N) is 1. The number of benzene rings is 1. The molecule has 0 N–H and O–H groups in total. The summed E-state index contributed by atoms with van der Waals surface area (Å²) in [4.78, 5) is 0. The number of nitriles is 1. The van der Waals surface area contributed by atoms with E-state index in [0.717, 1.165) is 18.9 Å². The molecule has 24 heavy (non-hydrogen) atoms. The minimum atomic E-state index is -4.26. The SMILES string of the molecule is FC(F)(F)c1[c-]cccc1.N#C[S-].[C-]1=CC=CC1.[C-]1=CC=CC1.[Ti+4]. The van der Waals surface area contributed by atoms with E-state index in [1.807, 2.05) is 24.3 Å². The molecule has 0 aliphatic heterocycles. The van der Waals surface area contributed by atoms with Crippen LogP contribution in [-0.2, 0) is 40.5 Å². The standard InChI is InChI=1S/C7H4F3.2C5H5.CHNS.Ti/c8-7(9,10)6-4-2-1-3-5-6;2*1-2-4-5-3-1;2-1-3;/h1-4H;2*1-3H,4H2;3H;/q3*-1;;+4/p-1. The largest absolute Gasteiger partial charge is 4.00 e. The fraction of sp³-hybridized carbons (Fsp3) is 0.167. The van der Waals surface area contributed by atoms with E-state index >= 15 is 0 Å². The average molecular weight is 381 g/mol. The first kappa shape index (κ1) is 24.6. The molecule has 1 aromatic carbocycles. The van der Waals surface area contributed by atoms with Crippen LogP contribution in [0.15, 0.2) is 60.7 Å². The maximum absolute atomic E-state index is 11.8. The summed E-state index contributed by atoms with van der Waals surface area (Å²) in [6.07, 6.45) is 15.7. The van der Waals surface area contributed by atoms with Crippen molar-refractivity contribution < 1.29 is 34.9 Å². The second-order valence-corrected chi connectivity index (χ2v) is 4.05. The molecular weight excluding hydrogens is 367 g/mol. The molecule has 2 aliphatic rings. The Hall–Kier alpha value is -1.61. The molecule has 2 aliphatic carbocycles. The molecule has 0 atom stereocenters. The maximum atomic E-state index is 11.8. The summed E-state index contributed by atoms with van der Waals surface area (Å²) in [5, 5.41) is 8.47. The Morgan fingerprint density at radius 2 is 1.54 bits per heavy atom. The summed E-state index contributed by atoms with van der Waals surface area (Å²) < 4.78 is 35.3. The third-order valence-electron chi connectivity index (χ3n) is 2.19. The van der Waals surface area contributed by atoms with Crippen molar-refractivity contribution in [2.75, 3.05) is 0 Å². The zero-order chi connectivity index (χ0) is 17.4. The number of thiocyanates is 1. The Morgan fingerprint density at radius 3 is 1.71 bits per heavy atom. The minimum absolute atomic E-state index is 0. The molecule has 122 valence electrons. The summed E-state index contributed by atoms with van der Waals surface area (Å²) in [5.74, 6) is 0. The van der Waals surface area contributed by atoms with Gasteiger partial charge in [-0.05, 0) is 0 Å². The van der Waals surface area contributed by atoms with Gasteiger partial charge < -0.3 is 12.6 Å². The third-order valence-corrected chi connectivity index (χ3v) is 2.19. The summed E-state index contributed by atoms with van der Waals surface area (Å²) >= 11 is 3.70. The van der Waals surface area contributed by atoms with Crippen molar-refractivity contribution in [3.63, 3.8) is 0 Å². The number of allylic oxidation sites excluding steroid dienone is 8. The van der Waals surface area contributed by atoms with Crippen LogP contribution in [0.4, 0.5) is 13.2 Å². The molecule has 0 aromatic heterocycles. The Bertz CT molecular complexity index is 528. The topological polar surface area (TPSA) is 23.8 Å². The first-order valence-electron chi connectivity index (χ1n) is 6.51. The molecule has 0 radical (unpaired) electrons. The molecule has 0 bridgehead atoms. The van der Waals surface area contributed by atoms with Crippen molar-refractivity contribution in [3.8, 4) is 5.40 Å². The Labute approximate surface area is 161 Å². The van der Waals surface area contributed by atoms with E-state index in [4.69, 9.17) is 5.26 Å². The van der Waals surface area contributed by atoms with E-state index in [2.05, 4.69) is 43.0 Å². The molecule has 0 unspecified atom stereocenters. The van der Waals surface area contributed by atoms with Crippen LogP contribution in [0.2, 0.25) is 0 Å². The molecule has 0 heterocycles. The summed E-state index contributed by atoms with van der Waals surface area (Å²) in [5.41, 5.74) is -0.727. The van der Waals surface area contributed by atoms with Gasteiger partial charge in [0.15, 0.2) is 0 Å². The zero-order valence-electron chi connectivity index (χ0n) is 12.7. The van der Waals surface area contributed by atoms with Gasteiger partial charge in [0.1, 0.15) is 0 Å². The smallest absolute Gasteiger partial charge is 0.696 e. The molecule has 0 amide bonds. The Kier molecular flexibility index (Phi) is 16.7. The van der Waals surface area contributed by atoms with Gasteiger partial charge in [0, 0.05) is 0 Å². The van der Waals surface area contributed by atoms with Crippen LogP contribution in [-0.4, -0.2) is 0 Å². The first-order valence-corrected chi connectivity index (χ1v) is 6.91. The van der Waals surface area contributed by atoms with Gasteiger partial charge in [0.2, 0.25) is 0 Å². The monoisotopic (exact) mass is 381 g/mol. The van der Waals surface area contributed by atoms with Crippen molar-refractivity contribution in [2.24, 2.45) is 0 Å². The second kappa shape index (κ2) is 16.3. The Morgan fingerprint density at radius 1 is 1.04 bits per heavy atom. The van der Waals surface area contributed by atoms with E-state index in [9.17, 15) is 13.2 Å². The first-order chi connectivity index (χ1) is 11.0. The number of rotatable bonds is 0. The quantitative estimate of drug-likeness (QED) is 0.269. The van der Waals surface area contributed by atoms with Gasteiger partial charge in [-0.1, -0.05) is 11.0 Å². The van der Waals surface area contributed by atoms with Crippen LogP contribution in [0.1, 0.15) is 18.4 Å². The Balaban J connectivity index is 0. The molecule has 0 fully saturated rings. The molecule has 1 nitrogen and oxygen atoms in total. The van der Waals surface area contributed by atoms with Crippen LogP contribution >= 0.6 is 0 Å². The van der Waals surface area contributed by atoms with Gasteiger partial charge in [-0.15, -0.1) is 12.8 Å². The van der Waals surface area contributed by atoms with Crippen LogP contribution in [0.3, 0.4) is 0 Å². The van der Waals surface area contributed by atoms with Crippen LogP contribution in [0, 0.1) is 28.9 Å². The zero-order valence-corrected chi connectivity index (χ0v) is 15.1. The number of hydrogen-bond acceptors (Lipinski definition) is 2. The van der Waals surface area contributed by atoms with Gasteiger partial charge in [-0.25, -0.2) is 29.6 Å². The van der Waals surface area contributed by atoms with Gasteiger partial charge in [0.25, 0.3) is 0 Å². The van der Waals surface area contributed by atoms with E-state index < -0.39 is 11.7 Å². The van der Waals surface area contributed by atoms with Crippen LogP contribution < -0.4 is 0 Å². The van der Waals surface area contributed by atoms with Crippen molar-refractivity contribution in [1.29, 1.82) is 5.26 Å². The van der Waals surface area contributed by atoms with Crippen molar-refractivity contribution in [2.45, 2.75) is 19.0 Å². The maximum Gasteiger partial charge on any atom is 4.00 e. The molecule has 6 heteroatoms. The summed E-state index contributed by atoms with van der Waals surface area (Å²) in [6, 6.07) is 7.14. The summed E-state index contributed by atoms with van der Waals surface area (Å²) in [6.45, 7) is 0. The van der Waals surface area contributed by atoms with E-state index in [-0.39, 0.29) is 21.7 Å². The van der Waals surface area contributed by atoms with Gasteiger partial charge in [-0.2, -0.15) is 55.7 Å². The number of halogens is 3. The van der Waals surface area contributed by atoms with Crippen LogP contribution in [0.25, 0.3) is 0 Å². The second-order valence-electron chi connectivity index (χ2n) is 3.87. The molecule has 0 spiro atoms. The molecule has 0 saturated carbocycles. The van der Waals surface area contributed by atoms with Crippen molar-refractivity contribution in [3.05, 3.63) is 84.5 Å². The van der Waals surface area contributed by atoms with Crippen LogP contribution in [0.5, 0.6) is 0 Å². The number of hydrogen-bond donors (Lipinski definition) is 0. The fourth-order valence-corrected chi connectivity index (χ4v) is 1.25. The predicted molar refractivity (Wildman–Crippen MR) is 86.4 cm³/mol. The average Bonchev–Trinajstić information content (AvgIpc) is 3.27. The normalized spacial score (nSPS) is 12.4. The third kappa shape index (κ3) is 15.3. The van der Waals surface area contributed by atoms with Crippen molar-refractivity contribution >= 4 is 12.6 Å². The predicted octanol–water partition coefficient (Wildman–Crippen LogP) is 5.13. The van der Waals surface area contributed by atoms with Gasteiger partial charge >= 0.3 is 27.9 Å². The van der Waals surface area contributed by atoms with Gasteiger partial charge in [-0.3, -0.25) is 12.2 Å². The molecular formula is C18H14F3NSTi. The number of alkyl halides is 3.